The number of aryl methyl sites for hydroxylation is 1. The van der Waals surface area contributed by atoms with Gasteiger partial charge in [-0.1, -0.05) is 17.7 Å². The number of halogens is 1. The topological polar surface area (TPSA) is 109 Å². The van der Waals surface area contributed by atoms with Crippen LogP contribution in [0.1, 0.15) is 18.2 Å². The predicted octanol–water partition coefficient (Wildman–Crippen LogP) is 4.80. The number of nitrogen functional groups attached to an aromatic ring is 2. The van der Waals surface area contributed by atoms with Crippen LogP contribution in [0.2, 0.25) is 5.02 Å². The Bertz CT molecular complexity index is 1260. The third-order valence-electron chi connectivity index (χ3n) is 4.83. The Kier molecular flexibility index (Phi) is 5.77. The molecule has 31 heavy (non-hydrogen) atoms. The second-order valence-electron chi connectivity index (χ2n) is 6.97. The number of fused-ring (bicyclic) bond motifs is 1. The molecule has 4 aromatic rings. The molecule has 158 valence electrons. The average molecular weight is 436 g/mol. The van der Waals surface area contributed by atoms with Gasteiger partial charge in [-0.25, -0.2) is 9.97 Å². The van der Waals surface area contributed by atoms with Crippen molar-refractivity contribution in [3.63, 3.8) is 0 Å². The van der Waals surface area contributed by atoms with E-state index in [1.807, 2.05) is 38.1 Å². The predicted molar refractivity (Wildman–Crippen MR) is 123 cm³/mol. The number of aromatic nitrogens is 3. The van der Waals surface area contributed by atoms with E-state index < -0.39 is 0 Å². The molecule has 0 spiro atoms. The van der Waals surface area contributed by atoms with Crippen molar-refractivity contribution in [3.8, 4) is 22.9 Å². The minimum Gasteiger partial charge on any atom is -0.492 e. The summed E-state index contributed by atoms with van der Waals surface area (Å²) in [6.07, 6.45) is 1.74. The van der Waals surface area contributed by atoms with E-state index in [9.17, 15) is 0 Å². The third-order valence-corrected chi connectivity index (χ3v) is 5.14. The van der Waals surface area contributed by atoms with Crippen molar-refractivity contribution in [2.75, 3.05) is 18.1 Å². The van der Waals surface area contributed by atoms with Crippen LogP contribution in [0.15, 0.2) is 48.7 Å². The lowest BCUT2D eigenvalue weighted by atomic mass is 10.1. The molecule has 4 rings (SSSR count). The molecule has 0 saturated heterocycles. The van der Waals surface area contributed by atoms with Crippen LogP contribution < -0.4 is 20.9 Å². The van der Waals surface area contributed by atoms with E-state index in [4.69, 9.17) is 32.5 Å². The van der Waals surface area contributed by atoms with Crippen LogP contribution in [0.5, 0.6) is 11.5 Å². The maximum atomic E-state index is 6.53. The Balaban J connectivity index is 1.64. The van der Waals surface area contributed by atoms with E-state index in [-0.39, 0.29) is 0 Å². The summed E-state index contributed by atoms with van der Waals surface area (Å²) < 4.78 is 11.4. The molecule has 0 aliphatic rings. The minimum absolute atomic E-state index is 0.316. The third kappa shape index (κ3) is 4.32. The number of nitrogens with two attached hydrogens (primary N) is 2. The van der Waals surface area contributed by atoms with Gasteiger partial charge in [0.15, 0.2) is 5.82 Å². The number of rotatable bonds is 6. The van der Waals surface area contributed by atoms with Crippen LogP contribution in [0.3, 0.4) is 0 Å². The van der Waals surface area contributed by atoms with Crippen molar-refractivity contribution in [3.05, 3.63) is 64.9 Å². The van der Waals surface area contributed by atoms with Crippen molar-refractivity contribution in [2.24, 2.45) is 0 Å². The number of pyridine rings is 1. The van der Waals surface area contributed by atoms with E-state index in [2.05, 4.69) is 15.0 Å². The smallest absolute Gasteiger partial charge is 0.163 e. The van der Waals surface area contributed by atoms with Gasteiger partial charge in [0.1, 0.15) is 23.9 Å². The first-order chi connectivity index (χ1) is 15.0. The van der Waals surface area contributed by atoms with Gasteiger partial charge in [-0.05, 0) is 49.7 Å². The lowest BCUT2D eigenvalue weighted by Gasteiger charge is -2.12. The molecule has 0 aliphatic heterocycles. The summed E-state index contributed by atoms with van der Waals surface area (Å²) >= 11 is 6.53. The Hall–Kier alpha value is -3.58. The molecule has 4 N–H and O–H groups in total. The molecule has 2 aromatic carbocycles. The van der Waals surface area contributed by atoms with Crippen molar-refractivity contribution >= 4 is 34.0 Å². The summed E-state index contributed by atoms with van der Waals surface area (Å²) in [5.41, 5.74) is 15.9. The zero-order valence-electron chi connectivity index (χ0n) is 17.2. The molecule has 0 atom stereocenters. The maximum absolute atomic E-state index is 6.53. The fraction of sp³-hybridized carbons (Fsp3) is 0.174. The number of benzene rings is 2. The molecule has 0 unspecified atom stereocenters. The van der Waals surface area contributed by atoms with Gasteiger partial charge in [0.05, 0.1) is 28.5 Å². The highest BCUT2D eigenvalue weighted by molar-refractivity contribution is 6.33. The molecule has 0 saturated carbocycles. The molecule has 0 fully saturated rings. The number of hydrogen-bond acceptors (Lipinski definition) is 7. The first-order valence-electron chi connectivity index (χ1n) is 9.79. The second kappa shape index (κ2) is 8.65. The van der Waals surface area contributed by atoms with Gasteiger partial charge < -0.3 is 20.9 Å². The summed E-state index contributed by atoms with van der Waals surface area (Å²) in [5.74, 6) is 1.91. The van der Waals surface area contributed by atoms with Gasteiger partial charge in [0.2, 0.25) is 0 Å². The lowest BCUT2D eigenvalue weighted by Crippen LogP contribution is -2.02. The van der Waals surface area contributed by atoms with Crippen LogP contribution in [0, 0.1) is 6.92 Å². The monoisotopic (exact) mass is 435 g/mol. The van der Waals surface area contributed by atoms with Crippen molar-refractivity contribution in [2.45, 2.75) is 20.5 Å². The van der Waals surface area contributed by atoms with Gasteiger partial charge in [0.25, 0.3) is 0 Å². The first-order valence-corrected chi connectivity index (χ1v) is 10.2. The van der Waals surface area contributed by atoms with Crippen molar-refractivity contribution < 1.29 is 9.47 Å². The Morgan fingerprint density at radius 3 is 2.61 bits per heavy atom. The number of nitrogens with zero attached hydrogens (tertiary/aromatic N) is 3. The van der Waals surface area contributed by atoms with Crippen LogP contribution in [-0.4, -0.2) is 21.6 Å². The summed E-state index contributed by atoms with van der Waals surface area (Å²) in [6.45, 7) is 4.73. The highest BCUT2D eigenvalue weighted by Crippen LogP contribution is 2.34. The molecule has 0 amide bonds. The molecule has 0 bridgehead atoms. The average Bonchev–Trinajstić information content (AvgIpc) is 2.74. The molecule has 7 nitrogen and oxygen atoms in total. The Morgan fingerprint density at radius 1 is 1.03 bits per heavy atom. The van der Waals surface area contributed by atoms with Gasteiger partial charge >= 0.3 is 0 Å². The normalized spacial score (nSPS) is 10.9. The lowest BCUT2D eigenvalue weighted by molar-refractivity contribution is 0.300. The van der Waals surface area contributed by atoms with Crippen LogP contribution >= 0.6 is 11.6 Å². The highest BCUT2D eigenvalue weighted by Gasteiger charge is 2.14. The van der Waals surface area contributed by atoms with E-state index in [1.165, 1.54) is 0 Å². The fourth-order valence-corrected chi connectivity index (χ4v) is 3.44. The van der Waals surface area contributed by atoms with Crippen LogP contribution in [0.25, 0.3) is 22.3 Å². The fourth-order valence-electron chi connectivity index (χ4n) is 3.19. The standard InChI is InChI=1S/C23H22ClN5O2/c1-3-30-21-11-19-16(10-18(21)25)22(26)29-23(28-19)15-7-6-14(9-17(15)24)31-12-20-13(2)5-4-8-27-20/h4-11H,3,12,25H2,1-2H3,(H2,26,28,29). The van der Waals surface area contributed by atoms with Gasteiger partial charge in [-0.3, -0.25) is 4.98 Å². The first kappa shape index (κ1) is 20.7. The van der Waals surface area contributed by atoms with Crippen molar-refractivity contribution in [1.29, 1.82) is 0 Å². The summed E-state index contributed by atoms with van der Waals surface area (Å²) in [4.78, 5) is 13.4. The van der Waals surface area contributed by atoms with Gasteiger partial charge in [0, 0.05) is 23.2 Å². The number of hydrogen-bond donors (Lipinski definition) is 2. The molecule has 8 heteroatoms. The summed E-state index contributed by atoms with van der Waals surface area (Å²) in [6, 6.07) is 12.7. The Labute approximate surface area is 185 Å². The SMILES string of the molecule is CCOc1cc2nc(-c3ccc(OCc4ncccc4C)cc3Cl)nc(N)c2cc1N. The Morgan fingerprint density at radius 2 is 1.87 bits per heavy atom. The molecule has 0 radical (unpaired) electrons. The molecule has 2 aromatic heterocycles. The zero-order valence-corrected chi connectivity index (χ0v) is 18.0. The minimum atomic E-state index is 0.316. The molecular weight excluding hydrogens is 414 g/mol. The van der Waals surface area contributed by atoms with E-state index in [0.717, 1.165) is 11.3 Å². The molecule has 0 aliphatic carbocycles. The summed E-state index contributed by atoms with van der Waals surface area (Å²) in [5, 5.41) is 1.11. The molecule has 2 heterocycles. The molecular formula is C23H22ClN5O2. The van der Waals surface area contributed by atoms with E-state index in [0.29, 0.717) is 63.5 Å². The van der Waals surface area contributed by atoms with E-state index >= 15 is 0 Å². The largest absolute Gasteiger partial charge is 0.492 e. The highest BCUT2D eigenvalue weighted by atomic mass is 35.5. The van der Waals surface area contributed by atoms with Crippen LogP contribution in [0.4, 0.5) is 11.5 Å². The van der Waals surface area contributed by atoms with Gasteiger partial charge in [-0.2, -0.15) is 0 Å². The van der Waals surface area contributed by atoms with E-state index in [1.54, 1.807) is 24.4 Å². The number of anilines is 2. The van der Waals surface area contributed by atoms with Gasteiger partial charge in [-0.15, -0.1) is 0 Å². The van der Waals surface area contributed by atoms with Crippen LogP contribution in [-0.2, 0) is 6.61 Å². The van der Waals surface area contributed by atoms with Crippen molar-refractivity contribution in [1.82, 2.24) is 15.0 Å². The quantitative estimate of drug-likeness (QED) is 0.419. The number of ether oxygens (including phenoxy) is 2. The second-order valence-corrected chi connectivity index (χ2v) is 7.38. The maximum Gasteiger partial charge on any atom is 0.163 e. The summed E-state index contributed by atoms with van der Waals surface area (Å²) in [7, 11) is 0. The zero-order chi connectivity index (χ0) is 22.0.